The average Bonchev–Trinajstić information content (AvgIpc) is 2.25. The molecular weight excluding hydrogens is 232 g/mol. The van der Waals surface area contributed by atoms with E-state index in [1.807, 2.05) is 0 Å². The second-order valence-corrected chi connectivity index (χ2v) is 8.98. The zero-order valence-corrected chi connectivity index (χ0v) is 15.4. The van der Waals surface area contributed by atoms with Crippen LogP contribution < -0.4 is 0 Å². The third-order valence-electron chi connectivity index (χ3n) is 7.91. The van der Waals surface area contributed by atoms with Gasteiger partial charge >= 0.3 is 0 Å². The Morgan fingerprint density at radius 1 is 0.421 bits per heavy atom. The summed E-state index contributed by atoms with van der Waals surface area (Å²) in [7, 11) is 4.58. The lowest BCUT2D eigenvalue weighted by Crippen LogP contribution is -2.66. The van der Waals surface area contributed by atoms with E-state index in [9.17, 15) is 0 Å². The molecule has 0 radical (unpaired) electrons. The summed E-state index contributed by atoms with van der Waals surface area (Å²) in [5.41, 5.74) is 0.575. The molecule has 0 saturated carbocycles. The molecule has 0 atom stereocenters. The first-order chi connectivity index (χ1) is 8.06. The van der Waals surface area contributed by atoms with E-state index in [0.717, 1.165) is 0 Å². The highest BCUT2D eigenvalue weighted by Gasteiger charge is 2.62. The average molecular weight is 268 g/mol. The molecular formula is C17H36N2. The van der Waals surface area contributed by atoms with Crippen LogP contribution in [0.3, 0.4) is 0 Å². The number of hydrogen-bond donors (Lipinski definition) is 0. The summed E-state index contributed by atoms with van der Waals surface area (Å²) in [5, 5.41) is 0. The number of likely N-dealkylation sites (N-methyl/N-ethyl adjacent to an activating group) is 2. The summed E-state index contributed by atoms with van der Waals surface area (Å²) in [5.74, 6) is 0. The summed E-state index contributed by atoms with van der Waals surface area (Å²) in [4.78, 5) is 5.18. The van der Waals surface area contributed by atoms with Crippen molar-refractivity contribution in [3.63, 3.8) is 0 Å². The highest BCUT2D eigenvalue weighted by atomic mass is 15.4. The van der Waals surface area contributed by atoms with E-state index in [1.165, 1.54) is 0 Å². The van der Waals surface area contributed by atoms with Gasteiger partial charge in [-0.15, -0.1) is 0 Å². The van der Waals surface area contributed by atoms with Gasteiger partial charge in [-0.1, -0.05) is 13.8 Å². The molecule has 0 spiro atoms. The lowest BCUT2D eigenvalue weighted by Gasteiger charge is -2.56. The van der Waals surface area contributed by atoms with Crippen molar-refractivity contribution >= 4 is 0 Å². The van der Waals surface area contributed by atoms with Gasteiger partial charge < -0.3 is 0 Å². The van der Waals surface area contributed by atoms with E-state index >= 15 is 0 Å². The molecule has 2 heteroatoms. The Labute approximate surface area is 121 Å². The molecule has 0 aliphatic carbocycles. The van der Waals surface area contributed by atoms with Crippen LogP contribution in [0, 0.1) is 5.41 Å². The van der Waals surface area contributed by atoms with E-state index in [0.29, 0.717) is 0 Å². The van der Waals surface area contributed by atoms with Crippen LogP contribution >= 0.6 is 0 Å². The van der Waals surface area contributed by atoms with Crippen molar-refractivity contribution in [3.05, 3.63) is 0 Å². The molecule has 0 aromatic heterocycles. The monoisotopic (exact) mass is 268 g/mol. The van der Waals surface area contributed by atoms with Gasteiger partial charge in [0.2, 0.25) is 0 Å². The van der Waals surface area contributed by atoms with E-state index < -0.39 is 0 Å². The molecule has 19 heavy (non-hydrogen) atoms. The van der Waals surface area contributed by atoms with Crippen molar-refractivity contribution in [2.24, 2.45) is 5.41 Å². The molecule has 0 unspecified atom stereocenters. The first kappa shape index (κ1) is 17.0. The van der Waals surface area contributed by atoms with Crippen LogP contribution in [0.1, 0.15) is 69.2 Å². The van der Waals surface area contributed by atoms with Crippen LogP contribution in [0.5, 0.6) is 0 Å². The fourth-order valence-corrected chi connectivity index (χ4v) is 3.81. The summed E-state index contributed by atoms with van der Waals surface area (Å²) in [6, 6.07) is 0. The fraction of sp³-hybridized carbons (Fsp3) is 1.00. The molecule has 1 rings (SSSR count). The second-order valence-electron chi connectivity index (χ2n) is 8.98. The van der Waals surface area contributed by atoms with Crippen LogP contribution in [0.2, 0.25) is 0 Å². The van der Waals surface area contributed by atoms with Crippen LogP contribution in [0.4, 0.5) is 0 Å². The third-order valence-corrected chi connectivity index (χ3v) is 7.91. The van der Waals surface area contributed by atoms with Gasteiger partial charge in [-0.25, -0.2) is 0 Å². The Morgan fingerprint density at radius 3 is 0.842 bits per heavy atom. The first-order valence-electron chi connectivity index (χ1n) is 7.54. The lowest BCUT2D eigenvalue weighted by atomic mass is 9.62. The van der Waals surface area contributed by atoms with Gasteiger partial charge in [-0.2, -0.15) is 0 Å². The number of hydrogen-bond acceptors (Lipinski definition) is 2. The largest absolute Gasteiger partial charge is 0.294 e. The van der Waals surface area contributed by atoms with E-state index in [1.54, 1.807) is 0 Å². The van der Waals surface area contributed by atoms with Gasteiger partial charge in [0.1, 0.15) is 0 Å². The van der Waals surface area contributed by atoms with Crippen molar-refractivity contribution in [1.82, 2.24) is 9.80 Å². The molecule has 1 saturated heterocycles. The van der Waals surface area contributed by atoms with Crippen molar-refractivity contribution in [2.75, 3.05) is 14.1 Å². The predicted molar refractivity (Wildman–Crippen MR) is 85.6 cm³/mol. The van der Waals surface area contributed by atoms with Crippen molar-refractivity contribution in [3.8, 4) is 0 Å². The summed E-state index contributed by atoms with van der Waals surface area (Å²) in [6.07, 6.45) is 0. The van der Waals surface area contributed by atoms with E-state index in [2.05, 4.69) is 93.1 Å². The molecule has 2 nitrogen and oxygen atoms in total. The van der Waals surface area contributed by atoms with Crippen LogP contribution in [0.15, 0.2) is 0 Å². The Balaban J connectivity index is 3.67. The number of rotatable bonds is 0. The Bertz CT molecular complexity index is 327. The standard InChI is InChI=1S/C17H36N2/c1-13(2)14(3,4)18(11)16(7,8)17(9,10)19(12)15(13,5)6/h1-12H3. The Kier molecular flexibility index (Phi) is 3.55. The van der Waals surface area contributed by atoms with Crippen molar-refractivity contribution in [1.29, 1.82) is 0 Å². The van der Waals surface area contributed by atoms with Crippen LogP contribution in [-0.2, 0) is 0 Å². The predicted octanol–water partition coefficient (Wildman–Crippen LogP) is 4.00. The normalized spacial score (nSPS) is 32.8. The molecule has 0 aromatic carbocycles. The zero-order valence-electron chi connectivity index (χ0n) is 15.4. The molecule has 114 valence electrons. The maximum Gasteiger partial charge on any atom is 0.0334 e. The summed E-state index contributed by atoms with van der Waals surface area (Å²) < 4.78 is 0. The van der Waals surface area contributed by atoms with E-state index in [-0.39, 0.29) is 27.6 Å². The molecule has 0 N–H and O–H groups in total. The Morgan fingerprint density at radius 2 is 0.632 bits per heavy atom. The molecule has 0 bridgehead atoms. The highest BCUT2D eigenvalue weighted by Crippen LogP contribution is 2.55. The summed E-state index contributed by atoms with van der Waals surface area (Å²) >= 11 is 0. The first-order valence-corrected chi connectivity index (χ1v) is 7.54. The number of nitrogens with zero attached hydrogens (tertiary/aromatic N) is 2. The topological polar surface area (TPSA) is 6.48 Å². The van der Waals surface area contributed by atoms with Crippen LogP contribution in [-0.4, -0.2) is 46.1 Å². The van der Waals surface area contributed by atoms with Gasteiger partial charge in [0.05, 0.1) is 0 Å². The van der Waals surface area contributed by atoms with Gasteiger partial charge in [0, 0.05) is 27.6 Å². The molecule has 0 aromatic rings. The van der Waals surface area contributed by atoms with Gasteiger partial charge in [0.15, 0.2) is 0 Å². The molecule has 1 fully saturated rings. The minimum atomic E-state index is 0.0935. The minimum Gasteiger partial charge on any atom is -0.294 e. The van der Waals surface area contributed by atoms with Gasteiger partial charge in [-0.05, 0) is 69.5 Å². The maximum absolute atomic E-state index is 2.59. The van der Waals surface area contributed by atoms with Gasteiger partial charge in [-0.3, -0.25) is 9.80 Å². The highest BCUT2D eigenvalue weighted by molar-refractivity contribution is 5.18. The molecule has 1 heterocycles. The zero-order chi connectivity index (χ0) is 15.7. The second kappa shape index (κ2) is 3.98. The van der Waals surface area contributed by atoms with Gasteiger partial charge in [0.25, 0.3) is 0 Å². The smallest absolute Gasteiger partial charge is 0.0334 e. The SMILES string of the molecule is CN1C(C)(C)C(C)(C)N(C)C(C)(C)C(C)(C)C1(C)C. The van der Waals surface area contributed by atoms with Crippen molar-refractivity contribution < 1.29 is 0 Å². The Hall–Kier alpha value is -0.0800. The fourth-order valence-electron chi connectivity index (χ4n) is 3.81. The van der Waals surface area contributed by atoms with E-state index in [4.69, 9.17) is 0 Å². The van der Waals surface area contributed by atoms with Crippen LogP contribution in [0.25, 0.3) is 0 Å². The third kappa shape index (κ3) is 1.75. The lowest BCUT2D eigenvalue weighted by molar-refractivity contribution is -0.0528. The maximum atomic E-state index is 2.59. The van der Waals surface area contributed by atoms with Crippen molar-refractivity contribution in [2.45, 2.75) is 91.4 Å². The summed E-state index contributed by atoms with van der Waals surface area (Å²) in [6.45, 7) is 23.9. The minimum absolute atomic E-state index is 0.0935. The molecule has 0 amide bonds. The molecule has 1 aliphatic rings. The quantitative estimate of drug-likeness (QED) is 0.655. The molecule has 1 aliphatic heterocycles.